The van der Waals surface area contributed by atoms with E-state index in [2.05, 4.69) is 21.0 Å². The van der Waals surface area contributed by atoms with Gasteiger partial charge in [-0.2, -0.15) is 23.3 Å². The van der Waals surface area contributed by atoms with Crippen LogP contribution >= 0.6 is 15.9 Å². The first-order valence-corrected chi connectivity index (χ1v) is 8.17. The van der Waals surface area contributed by atoms with E-state index in [1.165, 1.54) is 30.3 Å². The number of hydrogen-bond acceptors (Lipinski definition) is 4. The molecule has 2 N–H and O–H groups in total. The van der Waals surface area contributed by atoms with Crippen molar-refractivity contribution in [1.82, 2.24) is 5.01 Å². The molecule has 1 aliphatic heterocycles. The summed E-state index contributed by atoms with van der Waals surface area (Å²) in [6, 6.07) is 11.2. The Labute approximate surface area is 154 Å². The van der Waals surface area contributed by atoms with Crippen LogP contribution in [0.3, 0.4) is 0 Å². The molecule has 0 radical (unpaired) electrons. The molecule has 0 aliphatic carbocycles. The van der Waals surface area contributed by atoms with Gasteiger partial charge in [0.25, 0.3) is 11.6 Å². The Morgan fingerprint density at radius 2 is 1.88 bits per heavy atom. The summed E-state index contributed by atoms with van der Waals surface area (Å²) < 4.78 is 41.2. The van der Waals surface area contributed by atoms with E-state index in [0.29, 0.717) is 10.0 Å². The summed E-state index contributed by atoms with van der Waals surface area (Å²) in [6.07, 6.45) is -6.03. The largest absolute Gasteiger partial charge is 0.508 e. The van der Waals surface area contributed by atoms with E-state index in [1.54, 1.807) is 12.1 Å². The first kappa shape index (κ1) is 18.4. The molecule has 0 aromatic heterocycles. The molecule has 1 aliphatic rings. The molecule has 0 unspecified atom stereocenters. The van der Waals surface area contributed by atoms with Crippen molar-refractivity contribution in [3.63, 3.8) is 0 Å². The maximum absolute atomic E-state index is 13.5. The van der Waals surface area contributed by atoms with Gasteiger partial charge in [0.15, 0.2) is 0 Å². The van der Waals surface area contributed by atoms with Crippen LogP contribution in [0.25, 0.3) is 0 Å². The van der Waals surface area contributed by atoms with E-state index in [0.717, 1.165) is 6.07 Å². The van der Waals surface area contributed by atoms with Crippen LogP contribution in [0.2, 0.25) is 0 Å². The molecular weight excluding hydrogens is 417 g/mol. The van der Waals surface area contributed by atoms with Gasteiger partial charge in [-0.1, -0.05) is 34.1 Å². The van der Waals surface area contributed by atoms with Gasteiger partial charge in [-0.15, -0.1) is 0 Å². The molecule has 9 heteroatoms. The molecule has 5 nitrogen and oxygen atoms in total. The number of phenols is 1. The Morgan fingerprint density at radius 1 is 1.19 bits per heavy atom. The minimum Gasteiger partial charge on any atom is -0.508 e. The van der Waals surface area contributed by atoms with Gasteiger partial charge in [-0.25, -0.2) is 0 Å². The molecular formula is C17H12BrF3N2O3. The molecule has 0 fully saturated rings. The van der Waals surface area contributed by atoms with Gasteiger partial charge >= 0.3 is 6.18 Å². The van der Waals surface area contributed by atoms with Crippen molar-refractivity contribution >= 4 is 27.5 Å². The van der Waals surface area contributed by atoms with Gasteiger partial charge in [0.1, 0.15) is 5.75 Å². The van der Waals surface area contributed by atoms with Crippen LogP contribution in [-0.2, 0) is 0 Å². The Balaban J connectivity index is 2.07. The number of hydrogen-bond donors (Lipinski definition) is 2. The summed E-state index contributed by atoms with van der Waals surface area (Å²) in [7, 11) is 0. The molecule has 1 atom stereocenters. The van der Waals surface area contributed by atoms with Gasteiger partial charge in [-0.05, 0) is 35.9 Å². The van der Waals surface area contributed by atoms with Crippen molar-refractivity contribution in [3.8, 4) is 5.75 Å². The molecule has 1 heterocycles. The number of aromatic hydroxyl groups is 1. The zero-order valence-corrected chi connectivity index (χ0v) is 14.6. The quantitative estimate of drug-likeness (QED) is 0.766. The number of hydrazone groups is 1. The number of carbonyl (C=O) groups is 1. The van der Waals surface area contributed by atoms with Gasteiger partial charge in [-0.3, -0.25) is 4.79 Å². The lowest BCUT2D eigenvalue weighted by molar-refractivity contribution is -0.297. The maximum Gasteiger partial charge on any atom is 0.438 e. The Bertz CT molecular complexity index is 901. The standard InChI is InChI=1S/C17H12BrF3N2O3/c18-12-5-1-3-10(7-12)14-9-16(26,17(19,20)21)23(22-14)15(25)11-4-2-6-13(24)8-11/h1-8,24,26H,9H2/t16-/m0/s1. The smallest absolute Gasteiger partial charge is 0.438 e. The maximum atomic E-state index is 13.5. The van der Waals surface area contributed by atoms with E-state index in [-0.39, 0.29) is 22.0 Å². The molecule has 0 bridgehead atoms. The van der Waals surface area contributed by atoms with Crippen molar-refractivity contribution in [3.05, 3.63) is 64.1 Å². The van der Waals surface area contributed by atoms with Gasteiger partial charge < -0.3 is 10.2 Å². The minimum absolute atomic E-state index is 0.0258. The third kappa shape index (κ3) is 3.19. The van der Waals surface area contributed by atoms with Crippen molar-refractivity contribution in [2.75, 3.05) is 0 Å². The number of phenolic OH excluding ortho intramolecular Hbond substituents is 1. The van der Waals surface area contributed by atoms with Crippen molar-refractivity contribution in [2.45, 2.75) is 18.3 Å². The van der Waals surface area contributed by atoms with Gasteiger partial charge in [0, 0.05) is 10.0 Å². The van der Waals surface area contributed by atoms with Crippen LogP contribution in [0.4, 0.5) is 13.2 Å². The zero-order valence-electron chi connectivity index (χ0n) is 13.0. The number of amides is 1. The van der Waals surface area contributed by atoms with E-state index in [4.69, 9.17) is 0 Å². The minimum atomic E-state index is -5.13. The second-order valence-corrected chi connectivity index (χ2v) is 6.63. The predicted octanol–water partition coefficient (Wildman–Crippen LogP) is 3.66. The van der Waals surface area contributed by atoms with Gasteiger partial charge in [0.2, 0.25) is 0 Å². The number of carbonyl (C=O) groups excluding carboxylic acids is 1. The fraction of sp³-hybridized carbons (Fsp3) is 0.176. The molecule has 1 amide bonds. The highest BCUT2D eigenvalue weighted by atomic mass is 79.9. The van der Waals surface area contributed by atoms with Crippen molar-refractivity contribution in [1.29, 1.82) is 0 Å². The molecule has 26 heavy (non-hydrogen) atoms. The Kier molecular flexibility index (Phi) is 4.53. The highest BCUT2D eigenvalue weighted by Crippen LogP contribution is 2.42. The summed E-state index contributed by atoms with van der Waals surface area (Å²) in [5.74, 6) is -1.47. The first-order valence-electron chi connectivity index (χ1n) is 7.38. The third-order valence-electron chi connectivity index (χ3n) is 3.88. The number of alkyl halides is 3. The average molecular weight is 429 g/mol. The Morgan fingerprint density at radius 3 is 2.50 bits per heavy atom. The second-order valence-electron chi connectivity index (χ2n) is 5.72. The van der Waals surface area contributed by atoms with Crippen LogP contribution < -0.4 is 0 Å². The number of rotatable bonds is 2. The first-order chi connectivity index (χ1) is 12.1. The molecule has 0 saturated heterocycles. The molecule has 2 aromatic rings. The van der Waals surface area contributed by atoms with Crippen LogP contribution in [0.5, 0.6) is 5.75 Å². The highest BCUT2D eigenvalue weighted by Gasteiger charge is 2.63. The highest BCUT2D eigenvalue weighted by molar-refractivity contribution is 9.10. The number of aliphatic hydroxyl groups is 1. The number of nitrogens with zero attached hydrogens (tertiary/aromatic N) is 2. The van der Waals surface area contributed by atoms with E-state index < -0.39 is 24.2 Å². The van der Waals surface area contributed by atoms with Crippen LogP contribution in [0, 0.1) is 0 Å². The molecule has 3 rings (SSSR count). The number of benzene rings is 2. The summed E-state index contributed by atoms with van der Waals surface area (Å²) in [5.41, 5.74) is -3.45. The fourth-order valence-electron chi connectivity index (χ4n) is 2.57. The van der Waals surface area contributed by atoms with Crippen LogP contribution in [-0.4, -0.2) is 38.7 Å². The fourth-order valence-corrected chi connectivity index (χ4v) is 2.97. The van der Waals surface area contributed by atoms with E-state index in [9.17, 15) is 28.2 Å². The second kappa shape index (κ2) is 6.40. The van der Waals surface area contributed by atoms with Gasteiger partial charge in [0.05, 0.1) is 12.1 Å². The third-order valence-corrected chi connectivity index (χ3v) is 4.38. The summed E-state index contributed by atoms with van der Waals surface area (Å²) in [6.45, 7) is 0. The topological polar surface area (TPSA) is 73.1 Å². The normalized spacial score (nSPS) is 20.2. The van der Waals surface area contributed by atoms with E-state index in [1.807, 2.05) is 0 Å². The monoisotopic (exact) mass is 428 g/mol. The summed E-state index contributed by atoms with van der Waals surface area (Å²) >= 11 is 3.22. The van der Waals surface area contributed by atoms with Crippen LogP contribution in [0.15, 0.2) is 58.1 Å². The summed E-state index contributed by atoms with van der Waals surface area (Å²) in [5, 5.41) is 23.5. The lowest BCUT2D eigenvalue weighted by Crippen LogP contribution is -2.56. The molecule has 0 saturated carbocycles. The van der Waals surface area contributed by atoms with Crippen LogP contribution in [0.1, 0.15) is 22.3 Å². The SMILES string of the molecule is O=C(c1cccc(O)c1)N1N=C(c2cccc(Br)c2)C[C@]1(O)C(F)(F)F. The summed E-state index contributed by atoms with van der Waals surface area (Å²) in [4.78, 5) is 12.5. The number of halogens is 4. The lowest BCUT2D eigenvalue weighted by atomic mass is 10.0. The van der Waals surface area contributed by atoms with E-state index >= 15 is 0 Å². The zero-order chi connectivity index (χ0) is 19.1. The average Bonchev–Trinajstić information content (AvgIpc) is 2.93. The molecule has 2 aromatic carbocycles. The molecule has 136 valence electrons. The Hall–Kier alpha value is -2.39. The predicted molar refractivity (Wildman–Crippen MR) is 90.6 cm³/mol. The van der Waals surface area contributed by atoms with Crippen molar-refractivity contribution in [2.24, 2.45) is 5.10 Å². The lowest BCUT2D eigenvalue weighted by Gasteiger charge is -2.32. The molecule has 0 spiro atoms. The van der Waals surface area contributed by atoms with Crippen molar-refractivity contribution < 1.29 is 28.2 Å².